The summed E-state index contributed by atoms with van der Waals surface area (Å²) >= 11 is 1.74. The maximum absolute atomic E-state index is 12.1. The van der Waals surface area contributed by atoms with Crippen molar-refractivity contribution in [2.45, 2.75) is 26.4 Å². The van der Waals surface area contributed by atoms with Crippen molar-refractivity contribution >= 4 is 17.2 Å². The minimum Gasteiger partial charge on any atom is -0.383 e. The molecule has 22 heavy (non-hydrogen) atoms. The molecule has 1 N–H and O–H groups in total. The van der Waals surface area contributed by atoms with Gasteiger partial charge in [-0.25, -0.2) is 0 Å². The van der Waals surface area contributed by atoms with E-state index in [2.05, 4.69) is 41.1 Å². The zero-order valence-corrected chi connectivity index (χ0v) is 14.6. The predicted molar refractivity (Wildman–Crippen MR) is 90.3 cm³/mol. The highest BCUT2D eigenvalue weighted by atomic mass is 32.1. The minimum absolute atomic E-state index is 0.114. The van der Waals surface area contributed by atoms with Gasteiger partial charge in [0.1, 0.15) is 0 Å². The van der Waals surface area contributed by atoms with Gasteiger partial charge >= 0.3 is 0 Å². The van der Waals surface area contributed by atoms with Crippen LogP contribution in [0.1, 0.15) is 16.7 Å². The number of hydrogen-bond acceptors (Lipinski definition) is 5. The van der Waals surface area contributed by atoms with Gasteiger partial charge in [-0.2, -0.15) is 0 Å². The fourth-order valence-electron chi connectivity index (χ4n) is 2.78. The van der Waals surface area contributed by atoms with Crippen LogP contribution in [0.3, 0.4) is 0 Å². The van der Waals surface area contributed by atoms with Crippen LogP contribution in [0, 0.1) is 6.92 Å². The highest BCUT2D eigenvalue weighted by Gasteiger charge is 2.24. The van der Waals surface area contributed by atoms with Crippen molar-refractivity contribution in [3.63, 3.8) is 0 Å². The number of carbonyl (C=O) groups excluding carboxylic acids is 1. The van der Waals surface area contributed by atoms with Gasteiger partial charge in [-0.3, -0.25) is 14.6 Å². The fraction of sp³-hybridized carbons (Fsp3) is 0.688. The third-order valence-electron chi connectivity index (χ3n) is 4.05. The molecule has 0 aliphatic carbocycles. The number of nitrogens with one attached hydrogen (secondary N) is 1. The van der Waals surface area contributed by atoms with E-state index in [0.717, 1.165) is 32.8 Å². The topological polar surface area (TPSA) is 44.8 Å². The Bertz CT molecular complexity index is 478. The van der Waals surface area contributed by atoms with E-state index in [1.807, 2.05) is 0 Å². The van der Waals surface area contributed by atoms with Crippen molar-refractivity contribution < 1.29 is 9.53 Å². The number of methoxy groups -OCH3 is 1. The Hall–Kier alpha value is -0.950. The van der Waals surface area contributed by atoms with Crippen LogP contribution < -0.4 is 5.32 Å². The Balaban J connectivity index is 1.69. The lowest BCUT2D eigenvalue weighted by Gasteiger charge is -2.39. The molecule has 6 heteroatoms. The number of ether oxygens (including phenoxy) is 1. The van der Waals surface area contributed by atoms with Gasteiger partial charge in [0, 0.05) is 49.1 Å². The number of piperazine rings is 1. The quantitative estimate of drug-likeness (QED) is 0.821. The summed E-state index contributed by atoms with van der Waals surface area (Å²) in [4.78, 5) is 19.2. The summed E-state index contributed by atoms with van der Waals surface area (Å²) in [5.74, 6) is 0.114. The average Bonchev–Trinajstić information content (AvgIpc) is 2.90. The van der Waals surface area contributed by atoms with Gasteiger partial charge in [-0.1, -0.05) is 0 Å². The second-order valence-corrected chi connectivity index (χ2v) is 7.27. The second kappa shape index (κ2) is 8.62. The van der Waals surface area contributed by atoms with E-state index < -0.39 is 0 Å². The second-order valence-electron chi connectivity index (χ2n) is 5.90. The van der Waals surface area contributed by atoms with Crippen molar-refractivity contribution in [1.29, 1.82) is 0 Å². The van der Waals surface area contributed by atoms with Crippen molar-refractivity contribution in [3.8, 4) is 0 Å². The molecule has 1 aromatic rings. The van der Waals surface area contributed by atoms with E-state index in [-0.39, 0.29) is 5.91 Å². The molecule has 2 heterocycles. The minimum atomic E-state index is 0.114. The maximum atomic E-state index is 12.1. The van der Waals surface area contributed by atoms with Crippen molar-refractivity contribution in [3.05, 3.63) is 21.9 Å². The monoisotopic (exact) mass is 325 g/mol. The van der Waals surface area contributed by atoms with E-state index in [1.54, 1.807) is 18.4 Å². The van der Waals surface area contributed by atoms with Gasteiger partial charge in [0.15, 0.2) is 0 Å². The number of carbonyl (C=O) groups is 1. The lowest BCUT2D eigenvalue weighted by Crippen LogP contribution is -2.54. The predicted octanol–water partition coefficient (Wildman–Crippen LogP) is 1.33. The summed E-state index contributed by atoms with van der Waals surface area (Å²) in [6.07, 6.45) is 0. The Labute approximate surface area is 137 Å². The summed E-state index contributed by atoms with van der Waals surface area (Å²) in [6.45, 7) is 10.1. The van der Waals surface area contributed by atoms with E-state index >= 15 is 0 Å². The van der Waals surface area contributed by atoms with Crippen LogP contribution in [0.4, 0.5) is 0 Å². The molecule has 0 radical (unpaired) electrons. The van der Waals surface area contributed by atoms with Crippen molar-refractivity contribution in [1.82, 2.24) is 15.1 Å². The SMILES string of the molecule is COCCN1CCN(CC(=O)NCc2ccc(C)s2)C[C@H]1C. The highest BCUT2D eigenvalue weighted by molar-refractivity contribution is 7.11. The van der Waals surface area contributed by atoms with E-state index in [9.17, 15) is 4.79 Å². The van der Waals surface area contributed by atoms with Crippen LogP contribution in [-0.4, -0.2) is 68.2 Å². The molecule has 0 spiro atoms. The lowest BCUT2D eigenvalue weighted by molar-refractivity contribution is -0.123. The van der Waals surface area contributed by atoms with Crippen LogP contribution >= 0.6 is 11.3 Å². The first-order chi connectivity index (χ1) is 10.6. The largest absolute Gasteiger partial charge is 0.383 e. The van der Waals surface area contributed by atoms with Gasteiger partial charge in [0.2, 0.25) is 5.91 Å². The molecule has 5 nitrogen and oxygen atoms in total. The molecule has 1 aliphatic heterocycles. The fourth-order valence-corrected chi connectivity index (χ4v) is 3.61. The molecule has 1 saturated heterocycles. The Morgan fingerprint density at radius 3 is 2.91 bits per heavy atom. The van der Waals surface area contributed by atoms with E-state index in [1.165, 1.54) is 9.75 Å². The number of amides is 1. The lowest BCUT2D eigenvalue weighted by atomic mass is 10.2. The van der Waals surface area contributed by atoms with Crippen molar-refractivity contribution in [2.75, 3.05) is 46.4 Å². The molecule has 1 aliphatic rings. The van der Waals surface area contributed by atoms with Crippen LogP contribution in [-0.2, 0) is 16.1 Å². The van der Waals surface area contributed by atoms with Gasteiger partial charge in [-0.05, 0) is 26.0 Å². The van der Waals surface area contributed by atoms with Crippen molar-refractivity contribution in [2.24, 2.45) is 0 Å². The number of thiophene rings is 1. The molecule has 1 fully saturated rings. The molecule has 0 saturated carbocycles. The highest BCUT2D eigenvalue weighted by Crippen LogP contribution is 2.14. The molecule has 124 valence electrons. The Morgan fingerprint density at radius 1 is 1.45 bits per heavy atom. The average molecular weight is 325 g/mol. The van der Waals surface area contributed by atoms with E-state index in [4.69, 9.17) is 4.74 Å². The Morgan fingerprint density at radius 2 is 2.27 bits per heavy atom. The standard InChI is InChI=1S/C16H27N3O2S/c1-13-11-18(6-7-19(13)8-9-21-3)12-16(20)17-10-15-5-4-14(2)22-15/h4-5,13H,6-12H2,1-3H3,(H,17,20)/t13-/m1/s1. The summed E-state index contributed by atoms with van der Waals surface area (Å²) in [6, 6.07) is 4.64. The smallest absolute Gasteiger partial charge is 0.234 e. The Kier molecular flexibility index (Phi) is 6.82. The molecule has 1 amide bonds. The van der Waals surface area contributed by atoms with Gasteiger partial charge in [0.05, 0.1) is 19.7 Å². The van der Waals surface area contributed by atoms with Crippen LogP contribution in [0.25, 0.3) is 0 Å². The molecule has 1 aromatic heterocycles. The van der Waals surface area contributed by atoms with Crippen LogP contribution in [0.2, 0.25) is 0 Å². The molecule has 0 unspecified atom stereocenters. The third-order valence-corrected chi connectivity index (χ3v) is 5.06. The zero-order valence-electron chi connectivity index (χ0n) is 13.8. The first kappa shape index (κ1) is 17.4. The normalized spacial score (nSPS) is 20.2. The van der Waals surface area contributed by atoms with E-state index in [0.29, 0.717) is 19.1 Å². The number of nitrogens with zero attached hydrogens (tertiary/aromatic N) is 2. The zero-order chi connectivity index (χ0) is 15.9. The number of hydrogen-bond donors (Lipinski definition) is 1. The van der Waals surface area contributed by atoms with Gasteiger partial charge in [-0.15, -0.1) is 11.3 Å². The third kappa shape index (κ3) is 5.35. The molecule has 0 aromatic carbocycles. The molecular weight excluding hydrogens is 298 g/mol. The van der Waals surface area contributed by atoms with Gasteiger partial charge in [0.25, 0.3) is 0 Å². The summed E-state index contributed by atoms with van der Waals surface area (Å²) < 4.78 is 5.14. The van der Waals surface area contributed by atoms with Gasteiger partial charge < -0.3 is 10.1 Å². The number of aryl methyl sites for hydroxylation is 1. The first-order valence-corrected chi connectivity index (χ1v) is 8.67. The first-order valence-electron chi connectivity index (χ1n) is 7.86. The molecular formula is C16H27N3O2S. The molecule has 1 atom stereocenters. The van der Waals surface area contributed by atoms with Crippen LogP contribution in [0.15, 0.2) is 12.1 Å². The summed E-state index contributed by atoms with van der Waals surface area (Å²) in [5, 5.41) is 3.02. The maximum Gasteiger partial charge on any atom is 0.234 e. The molecule has 2 rings (SSSR count). The van der Waals surface area contributed by atoms with Crippen LogP contribution in [0.5, 0.6) is 0 Å². The summed E-state index contributed by atoms with van der Waals surface area (Å²) in [7, 11) is 1.74. The molecule has 0 bridgehead atoms. The summed E-state index contributed by atoms with van der Waals surface area (Å²) in [5.41, 5.74) is 0. The number of rotatable bonds is 7.